The van der Waals surface area contributed by atoms with Crippen LogP contribution in [0.2, 0.25) is 0 Å². The van der Waals surface area contributed by atoms with E-state index < -0.39 is 50.1 Å². The monoisotopic (exact) mass is 352 g/mol. The Hall–Kier alpha value is -1.51. The van der Waals surface area contributed by atoms with E-state index in [0.717, 1.165) is 9.80 Å². The number of carboxylic acid groups (broad SMARTS) is 4. The first-order chi connectivity index (χ1) is 10.2. The third kappa shape index (κ3) is 18.4. The molecule has 0 aromatic heterocycles. The lowest BCUT2D eigenvalue weighted by molar-refractivity contribution is -0.176. The molecule has 0 fully saturated rings. The molecule has 0 amide bonds. The summed E-state index contributed by atoms with van der Waals surface area (Å²) < 4.78 is 0. The minimum atomic E-state index is -1.23. The smallest absolute Gasteiger partial charge is 0.317 e. The average Bonchev–Trinajstić information content (AvgIpc) is 2.35. The molecule has 0 atom stereocenters. The van der Waals surface area contributed by atoms with Crippen LogP contribution in [0.15, 0.2) is 0 Å². The zero-order chi connectivity index (χ0) is 17.7. The minimum absolute atomic E-state index is 0. The summed E-state index contributed by atoms with van der Waals surface area (Å²) in [5.41, 5.74) is 0. The van der Waals surface area contributed by atoms with E-state index in [-0.39, 0.29) is 36.1 Å². The molecule has 0 rings (SSSR count). The molecular weight excluding hydrogens is 332 g/mol. The number of hydrogen-bond acceptors (Lipinski definition) is 8. The summed E-state index contributed by atoms with van der Waals surface area (Å²) in [5, 5.41) is 46.5. The zero-order valence-electron chi connectivity index (χ0n) is 11.5. The summed E-state index contributed by atoms with van der Waals surface area (Å²) in [7, 11) is 0. The first-order valence-electron chi connectivity index (χ1n) is 5.72. The Labute approximate surface area is 146 Å². The van der Waals surface area contributed by atoms with Gasteiger partial charge >= 0.3 is 46.9 Å². The average molecular weight is 353 g/mol. The van der Waals surface area contributed by atoms with Gasteiger partial charge in [-0.05, 0) is 0 Å². The van der Waals surface area contributed by atoms with Gasteiger partial charge in [-0.1, -0.05) is 0 Å². The molecule has 0 aliphatic heterocycles. The van der Waals surface area contributed by atoms with Gasteiger partial charge in [-0.2, -0.15) is 0 Å². The maximum atomic E-state index is 10.6. The van der Waals surface area contributed by atoms with Crippen molar-refractivity contribution in [2.45, 2.75) is 0 Å². The Morgan fingerprint density at radius 3 is 0.870 bits per heavy atom. The number of aliphatic carboxylic acids is 4. The van der Waals surface area contributed by atoms with Gasteiger partial charge in [0, 0.05) is 13.1 Å². The quantitative estimate of drug-likeness (QED) is 0.126. The van der Waals surface area contributed by atoms with Crippen LogP contribution in [0.5, 0.6) is 0 Å². The van der Waals surface area contributed by atoms with Crippen molar-refractivity contribution >= 4 is 46.9 Å². The van der Waals surface area contributed by atoms with E-state index in [0.29, 0.717) is 0 Å². The van der Waals surface area contributed by atoms with Gasteiger partial charge < -0.3 is 20.4 Å². The Morgan fingerprint density at radius 1 is 0.565 bits per heavy atom. The van der Waals surface area contributed by atoms with Crippen LogP contribution >= 0.6 is 0 Å². The maximum absolute atomic E-state index is 10.6. The van der Waals surface area contributed by atoms with Gasteiger partial charge in [0.1, 0.15) is 0 Å². The summed E-state index contributed by atoms with van der Waals surface area (Å²) in [4.78, 5) is 44.4. The summed E-state index contributed by atoms with van der Waals surface area (Å²) in [6.07, 6.45) is 0. The second-order valence-electron chi connectivity index (χ2n) is 4.00. The standard InChI is InChI=1S/C10H16N2O8.Mg.H2O2.2H/c13-7(14)3-11(4-8(15)16)1-2-12(5-9(17)18)6-10(19)20;;1-2;;/h1-6H2,(H,13,14)(H,15,16)(H,17,18)(H,19,20);;1-2H;;. The molecule has 0 aliphatic carbocycles. The molecule has 0 radical (unpaired) electrons. The van der Waals surface area contributed by atoms with E-state index in [1.807, 2.05) is 0 Å². The number of carboxylic acids is 4. The van der Waals surface area contributed by atoms with E-state index in [9.17, 15) is 19.2 Å². The third-order valence-corrected chi connectivity index (χ3v) is 2.17. The predicted molar refractivity (Wildman–Crippen MR) is 77.2 cm³/mol. The van der Waals surface area contributed by atoms with Crippen LogP contribution in [-0.2, 0) is 19.2 Å². The van der Waals surface area contributed by atoms with Crippen LogP contribution in [0.1, 0.15) is 0 Å². The molecule has 12 nitrogen and oxygen atoms in total. The highest BCUT2D eigenvalue weighted by atomic mass is 24.3. The molecule has 13 heteroatoms. The van der Waals surface area contributed by atoms with Crippen molar-refractivity contribution in [1.82, 2.24) is 9.80 Å². The molecule has 6 N–H and O–H groups in total. The largest absolute Gasteiger partial charge is 0.480 e. The van der Waals surface area contributed by atoms with Gasteiger partial charge in [-0.15, -0.1) is 0 Å². The van der Waals surface area contributed by atoms with Crippen LogP contribution in [0.25, 0.3) is 0 Å². The molecular formula is C10H20MgN2O10. The molecule has 0 saturated heterocycles. The SMILES string of the molecule is O=C(O)CN(CCN(CC(=O)O)CC(=O)O)CC(=O)O.OO.[MgH2]. The highest BCUT2D eigenvalue weighted by molar-refractivity contribution is 5.75. The molecule has 0 unspecified atom stereocenters. The van der Waals surface area contributed by atoms with E-state index >= 15 is 0 Å². The van der Waals surface area contributed by atoms with Crippen molar-refractivity contribution in [2.75, 3.05) is 39.3 Å². The van der Waals surface area contributed by atoms with E-state index in [1.54, 1.807) is 0 Å². The highest BCUT2D eigenvalue weighted by Crippen LogP contribution is 1.94. The first kappa shape index (κ1) is 26.4. The van der Waals surface area contributed by atoms with E-state index in [1.165, 1.54) is 0 Å². The lowest BCUT2D eigenvalue weighted by Gasteiger charge is -2.23. The van der Waals surface area contributed by atoms with Crippen molar-refractivity contribution < 1.29 is 50.1 Å². The molecule has 0 bridgehead atoms. The van der Waals surface area contributed by atoms with Gasteiger partial charge in [0.2, 0.25) is 0 Å². The van der Waals surface area contributed by atoms with Crippen molar-refractivity contribution in [2.24, 2.45) is 0 Å². The Bertz CT molecular complexity index is 324. The lowest BCUT2D eigenvalue weighted by Crippen LogP contribution is -2.43. The lowest BCUT2D eigenvalue weighted by atomic mass is 10.4. The third-order valence-electron chi connectivity index (χ3n) is 2.17. The number of nitrogens with zero attached hydrogens (tertiary/aromatic N) is 2. The molecule has 0 saturated carbocycles. The fraction of sp³-hybridized carbons (Fsp3) is 0.600. The number of rotatable bonds is 11. The number of carbonyl (C=O) groups is 4. The molecule has 0 aromatic carbocycles. The fourth-order valence-corrected chi connectivity index (χ4v) is 1.48. The summed E-state index contributed by atoms with van der Waals surface area (Å²) in [5.74, 6) is -4.91. The van der Waals surface area contributed by atoms with Crippen molar-refractivity contribution in [1.29, 1.82) is 0 Å². The number of hydrogen-bond donors (Lipinski definition) is 6. The normalized spacial score (nSPS) is 9.57. The van der Waals surface area contributed by atoms with Crippen LogP contribution in [0.3, 0.4) is 0 Å². The molecule has 0 spiro atoms. The first-order valence-corrected chi connectivity index (χ1v) is 5.72. The molecule has 0 heterocycles. The van der Waals surface area contributed by atoms with E-state index in [4.69, 9.17) is 30.9 Å². The Morgan fingerprint density at radius 2 is 0.739 bits per heavy atom. The maximum Gasteiger partial charge on any atom is 0.317 e. The van der Waals surface area contributed by atoms with Gasteiger partial charge in [0.05, 0.1) is 26.2 Å². The van der Waals surface area contributed by atoms with Crippen LogP contribution in [0.4, 0.5) is 0 Å². The Kier molecular flexibility index (Phi) is 17.6. The molecule has 132 valence electrons. The van der Waals surface area contributed by atoms with Gasteiger partial charge in [0.15, 0.2) is 0 Å². The fourth-order valence-electron chi connectivity index (χ4n) is 1.48. The summed E-state index contributed by atoms with van der Waals surface area (Å²) in [6.45, 7) is -2.25. The van der Waals surface area contributed by atoms with Crippen molar-refractivity contribution in [3.8, 4) is 0 Å². The molecule has 0 aliphatic rings. The highest BCUT2D eigenvalue weighted by Gasteiger charge is 2.17. The topological polar surface area (TPSA) is 196 Å². The van der Waals surface area contributed by atoms with Crippen LogP contribution in [-0.4, -0.2) is 127 Å². The predicted octanol–water partition coefficient (Wildman–Crippen LogP) is -2.97. The second-order valence-corrected chi connectivity index (χ2v) is 4.00. The van der Waals surface area contributed by atoms with Crippen molar-refractivity contribution in [3.05, 3.63) is 0 Å². The van der Waals surface area contributed by atoms with Gasteiger partial charge in [-0.3, -0.25) is 39.5 Å². The van der Waals surface area contributed by atoms with Crippen LogP contribution < -0.4 is 0 Å². The molecule has 23 heavy (non-hydrogen) atoms. The van der Waals surface area contributed by atoms with Crippen LogP contribution in [0, 0.1) is 0 Å². The zero-order valence-corrected chi connectivity index (χ0v) is 11.5. The molecule has 0 aromatic rings. The van der Waals surface area contributed by atoms with Crippen molar-refractivity contribution in [3.63, 3.8) is 0 Å². The van der Waals surface area contributed by atoms with Gasteiger partial charge in [-0.25, -0.2) is 0 Å². The summed E-state index contributed by atoms with van der Waals surface area (Å²) >= 11 is 0. The second kappa shape index (κ2) is 15.4. The van der Waals surface area contributed by atoms with Gasteiger partial charge in [0.25, 0.3) is 0 Å². The Balaban J connectivity index is -0.00000128. The van der Waals surface area contributed by atoms with E-state index in [2.05, 4.69) is 0 Å². The minimum Gasteiger partial charge on any atom is -0.480 e. The summed E-state index contributed by atoms with van der Waals surface area (Å²) in [6, 6.07) is 0.